The fourth-order valence-corrected chi connectivity index (χ4v) is 1.18. The molecule has 0 aliphatic rings. The Labute approximate surface area is 72.3 Å². The Morgan fingerprint density at radius 2 is 2.25 bits per heavy atom. The molecule has 0 bridgehead atoms. The molecule has 68 valence electrons. The molecule has 1 heterocycles. The number of hydrogen-bond acceptors (Lipinski definition) is 3. The van der Waals surface area contributed by atoms with Crippen LogP contribution in [0.5, 0.6) is 0 Å². The van der Waals surface area contributed by atoms with Crippen LogP contribution in [0.15, 0.2) is 6.07 Å². The molecular weight excluding hydrogens is 152 g/mol. The number of nitrogens with one attached hydrogen (secondary N) is 1. The first kappa shape index (κ1) is 9.06. The highest BCUT2D eigenvalue weighted by Gasteiger charge is 2.10. The highest BCUT2D eigenvalue weighted by Crippen LogP contribution is 2.17. The Morgan fingerprint density at radius 1 is 1.58 bits per heavy atom. The standard InChI is InChI=1S/C8H16N4/c1-5(2)3-6(9)7-4-8(10)12-11-7/h4-6H,3,9H2,1-2H3,(H3,10,11,12)/t6-/m1/s1. The number of H-pyrrole nitrogens is 1. The summed E-state index contributed by atoms with van der Waals surface area (Å²) in [5.41, 5.74) is 12.2. The van der Waals surface area contributed by atoms with Gasteiger partial charge in [0.1, 0.15) is 5.82 Å². The monoisotopic (exact) mass is 168 g/mol. The summed E-state index contributed by atoms with van der Waals surface area (Å²) in [6.45, 7) is 4.28. The number of nitrogens with zero attached hydrogens (tertiary/aromatic N) is 1. The molecule has 0 saturated heterocycles. The molecule has 0 fully saturated rings. The second-order valence-electron chi connectivity index (χ2n) is 3.48. The molecule has 0 amide bonds. The lowest BCUT2D eigenvalue weighted by molar-refractivity contribution is 0.501. The summed E-state index contributed by atoms with van der Waals surface area (Å²) in [6, 6.07) is 1.81. The first-order valence-corrected chi connectivity index (χ1v) is 4.16. The molecule has 4 nitrogen and oxygen atoms in total. The number of rotatable bonds is 3. The van der Waals surface area contributed by atoms with Crippen molar-refractivity contribution in [1.82, 2.24) is 10.2 Å². The third-order valence-electron chi connectivity index (χ3n) is 1.74. The Balaban J connectivity index is 2.58. The van der Waals surface area contributed by atoms with E-state index in [-0.39, 0.29) is 6.04 Å². The molecule has 1 aromatic heterocycles. The van der Waals surface area contributed by atoms with Gasteiger partial charge in [0, 0.05) is 12.1 Å². The van der Waals surface area contributed by atoms with Gasteiger partial charge in [-0.2, -0.15) is 5.10 Å². The van der Waals surface area contributed by atoms with Gasteiger partial charge in [0.2, 0.25) is 0 Å². The number of aromatic nitrogens is 2. The van der Waals surface area contributed by atoms with Gasteiger partial charge in [0.05, 0.1) is 5.69 Å². The van der Waals surface area contributed by atoms with Crippen molar-refractivity contribution in [2.45, 2.75) is 26.3 Å². The SMILES string of the molecule is CC(C)C[C@@H](N)c1cc(N)n[nH]1. The van der Waals surface area contributed by atoms with E-state index in [1.807, 2.05) is 0 Å². The lowest BCUT2D eigenvalue weighted by Crippen LogP contribution is -2.13. The molecule has 5 N–H and O–H groups in total. The van der Waals surface area contributed by atoms with E-state index in [2.05, 4.69) is 24.0 Å². The van der Waals surface area contributed by atoms with Gasteiger partial charge in [-0.3, -0.25) is 5.10 Å². The normalized spacial score (nSPS) is 13.7. The van der Waals surface area contributed by atoms with Gasteiger partial charge in [0.25, 0.3) is 0 Å². The average molecular weight is 168 g/mol. The van der Waals surface area contributed by atoms with E-state index >= 15 is 0 Å². The summed E-state index contributed by atoms with van der Waals surface area (Å²) in [6.07, 6.45) is 0.946. The molecule has 1 atom stereocenters. The second kappa shape index (κ2) is 3.58. The molecule has 0 aromatic carbocycles. The van der Waals surface area contributed by atoms with Crippen LogP contribution in [0.1, 0.15) is 32.0 Å². The quantitative estimate of drug-likeness (QED) is 0.630. The molecule has 0 aliphatic heterocycles. The second-order valence-corrected chi connectivity index (χ2v) is 3.48. The van der Waals surface area contributed by atoms with E-state index in [9.17, 15) is 0 Å². The van der Waals surface area contributed by atoms with E-state index < -0.39 is 0 Å². The molecule has 1 rings (SSSR count). The minimum absolute atomic E-state index is 0.0230. The third kappa shape index (κ3) is 2.23. The van der Waals surface area contributed by atoms with Crippen molar-refractivity contribution in [3.63, 3.8) is 0 Å². The first-order valence-electron chi connectivity index (χ1n) is 4.16. The minimum atomic E-state index is 0.0230. The Morgan fingerprint density at radius 3 is 2.67 bits per heavy atom. The zero-order chi connectivity index (χ0) is 9.14. The van der Waals surface area contributed by atoms with Crippen molar-refractivity contribution in [2.24, 2.45) is 11.7 Å². The number of anilines is 1. The van der Waals surface area contributed by atoms with Crippen LogP contribution in [-0.4, -0.2) is 10.2 Å². The zero-order valence-electron chi connectivity index (χ0n) is 7.54. The van der Waals surface area contributed by atoms with Crippen molar-refractivity contribution in [2.75, 3.05) is 5.73 Å². The number of hydrogen-bond donors (Lipinski definition) is 3. The molecule has 0 radical (unpaired) electrons. The van der Waals surface area contributed by atoms with Crippen molar-refractivity contribution in [3.8, 4) is 0 Å². The van der Waals surface area contributed by atoms with E-state index in [1.54, 1.807) is 6.07 Å². The van der Waals surface area contributed by atoms with Gasteiger partial charge in [-0.1, -0.05) is 13.8 Å². The van der Waals surface area contributed by atoms with Gasteiger partial charge in [-0.15, -0.1) is 0 Å². The number of aromatic amines is 1. The van der Waals surface area contributed by atoms with Crippen LogP contribution in [0.4, 0.5) is 5.82 Å². The highest BCUT2D eigenvalue weighted by molar-refractivity contribution is 5.29. The van der Waals surface area contributed by atoms with Crippen LogP contribution in [0.2, 0.25) is 0 Å². The third-order valence-corrected chi connectivity index (χ3v) is 1.74. The van der Waals surface area contributed by atoms with E-state index in [0.29, 0.717) is 11.7 Å². The molecule has 0 spiro atoms. The Kier molecular flexibility index (Phi) is 2.70. The maximum Gasteiger partial charge on any atom is 0.145 e. The van der Waals surface area contributed by atoms with Crippen LogP contribution >= 0.6 is 0 Å². The first-order chi connectivity index (χ1) is 5.59. The van der Waals surface area contributed by atoms with E-state index in [4.69, 9.17) is 11.5 Å². The van der Waals surface area contributed by atoms with Crippen LogP contribution in [0.25, 0.3) is 0 Å². The van der Waals surface area contributed by atoms with Gasteiger partial charge in [0.15, 0.2) is 0 Å². The van der Waals surface area contributed by atoms with Crippen LogP contribution < -0.4 is 11.5 Å². The van der Waals surface area contributed by atoms with Gasteiger partial charge in [-0.05, 0) is 12.3 Å². The van der Waals surface area contributed by atoms with Crippen molar-refractivity contribution < 1.29 is 0 Å². The topological polar surface area (TPSA) is 80.7 Å². The minimum Gasteiger partial charge on any atom is -0.382 e. The molecule has 0 saturated carbocycles. The van der Waals surface area contributed by atoms with Crippen molar-refractivity contribution >= 4 is 5.82 Å². The lowest BCUT2D eigenvalue weighted by Gasteiger charge is -2.11. The zero-order valence-corrected chi connectivity index (χ0v) is 7.54. The number of nitrogen functional groups attached to an aromatic ring is 1. The predicted molar refractivity (Wildman–Crippen MR) is 49.4 cm³/mol. The fourth-order valence-electron chi connectivity index (χ4n) is 1.18. The summed E-state index contributed by atoms with van der Waals surface area (Å²) in [5, 5.41) is 6.63. The summed E-state index contributed by atoms with van der Waals surface area (Å²) in [4.78, 5) is 0. The fraction of sp³-hybridized carbons (Fsp3) is 0.625. The average Bonchev–Trinajstić information content (AvgIpc) is 2.34. The molecule has 4 heteroatoms. The molecule has 0 aliphatic carbocycles. The van der Waals surface area contributed by atoms with E-state index in [1.165, 1.54) is 0 Å². The smallest absolute Gasteiger partial charge is 0.145 e. The van der Waals surface area contributed by atoms with E-state index in [0.717, 1.165) is 12.1 Å². The molecule has 12 heavy (non-hydrogen) atoms. The van der Waals surface area contributed by atoms with Gasteiger partial charge < -0.3 is 11.5 Å². The van der Waals surface area contributed by atoms with Crippen LogP contribution in [0.3, 0.4) is 0 Å². The Hall–Kier alpha value is -1.03. The summed E-state index contributed by atoms with van der Waals surface area (Å²) < 4.78 is 0. The molecule has 1 aromatic rings. The lowest BCUT2D eigenvalue weighted by atomic mass is 10.0. The Bertz CT molecular complexity index is 241. The van der Waals surface area contributed by atoms with Crippen molar-refractivity contribution in [3.05, 3.63) is 11.8 Å². The predicted octanol–water partition coefficient (Wildman–Crippen LogP) is 1.04. The summed E-state index contributed by atoms with van der Waals surface area (Å²) in [5.74, 6) is 1.09. The molecular formula is C8H16N4. The summed E-state index contributed by atoms with van der Waals surface area (Å²) >= 11 is 0. The number of nitrogens with two attached hydrogens (primary N) is 2. The van der Waals surface area contributed by atoms with Gasteiger partial charge >= 0.3 is 0 Å². The van der Waals surface area contributed by atoms with Crippen LogP contribution in [-0.2, 0) is 0 Å². The van der Waals surface area contributed by atoms with Crippen molar-refractivity contribution in [1.29, 1.82) is 0 Å². The largest absolute Gasteiger partial charge is 0.382 e. The maximum absolute atomic E-state index is 5.88. The molecule has 0 unspecified atom stereocenters. The van der Waals surface area contributed by atoms with Crippen LogP contribution in [0, 0.1) is 5.92 Å². The maximum atomic E-state index is 5.88. The highest BCUT2D eigenvalue weighted by atomic mass is 15.2. The summed E-state index contributed by atoms with van der Waals surface area (Å²) in [7, 11) is 0. The van der Waals surface area contributed by atoms with Gasteiger partial charge in [-0.25, -0.2) is 0 Å².